The molecule has 8 heteroatoms. The quantitative estimate of drug-likeness (QED) is 0.588. The minimum absolute atomic E-state index is 0.0413. The number of hydrogen-bond donors (Lipinski definition) is 1. The summed E-state index contributed by atoms with van der Waals surface area (Å²) in [6.07, 6.45) is 0.578. The van der Waals surface area contributed by atoms with Crippen LogP contribution in [-0.4, -0.2) is 17.3 Å². The lowest BCUT2D eigenvalue weighted by Crippen LogP contribution is -2.05. The van der Waals surface area contributed by atoms with Crippen molar-refractivity contribution in [3.05, 3.63) is 41.4 Å². The Balaban J connectivity index is 2.19. The number of nitriles is 1. The molecule has 0 bridgehead atoms. The molecule has 0 amide bonds. The van der Waals surface area contributed by atoms with E-state index in [9.17, 15) is 8.78 Å². The molecule has 1 heterocycles. The van der Waals surface area contributed by atoms with E-state index < -0.39 is 6.61 Å². The molecule has 0 unspecified atom stereocenters. The summed E-state index contributed by atoms with van der Waals surface area (Å²) in [6.45, 7) is 2.84. The summed E-state index contributed by atoms with van der Waals surface area (Å²) in [5, 5.41) is 13.4. The number of oxazole rings is 1. The third-order valence-corrected chi connectivity index (χ3v) is 3.28. The van der Waals surface area contributed by atoms with E-state index in [1.807, 2.05) is 26.8 Å². The second-order valence-electron chi connectivity index (χ2n) is 5.42. The number of hydrogen-bond acceptors (Lipinski definition) is 6. The Bertz CT molecular complexity index is 777. The summed E-state index contributed by atoms with van der Waals surface area (Å²) >= 11 is 0. The molecule has 0 saturated heterocycles. The van der Waals surface area contributed by atoms with Crippen molar-refractivity contribution < 1.29 is 17.9 Å². The minimum Gasteiger partial charge on any atom is -0.435 e. The SMILES string of the molecule is CCC(=NNc1oc(C(C)C)nc1C#N)c1ccc(OC(F)F)cc1. The number of ether oxygens (including phenoxy) is 1. The molecule has 1 N–H and O–H groups in total. The lowest BCUT2D eigenvalue weighted by atomic mass is 10.1. The average Bonchev–Trinajstić information content (AvgIpc) is 3.00. The van der Waals surface area contributed by atoms with Gasteiger partial charge in [0.2, 0.25) is 11.6 Å². The number of hydrazone groups is 1. The number of rotatable bonds is 7. The molecule has 1 aromatic carbocycles. The first kappa shape index (κ1) is 18.4. The summed E-state index contributed by atoms with van der Waals surface area (Å²) in [6, 6.07) is 8.10. The van der Waals surface area contributed by atoms with Crippen molar-refractivity contribution in [1.29, 1.82) is 5.26 Å². The zero-order valence-electron chi connectivity index (χ0n) is 14.1. The van der Waals surface area contributed by atoms with Gasteiger partial charge in [0.05, 0.1) is 5.71 Å². The van der Waals surface area contributed by atoms with Crippen LogP contribution in [0.1, 0.15) is 50.3 Å². The minimum atomic E-state index is -2.86. The lowest BCUT2D eigenvalue weighted by Gasteiger charge is -2.07. The van der Waals surface area contributed by atoms with Crippen LogP contribution in [-0.2, 0) is 0 Å². The number of alkyl halides is 2. The largest absolute Gasteiger partial charge is 0.435 e. The van der Waals surface area contributed by atoms with Gasteiger partial charge in [-0.05, 0) is 36.2 Å². The monoisotopic (exact) mass is 348 g/mol. The Morgan fingerprint density at radius 3 is 2.56 bits per heavy atom. The van der Waals surface area contributed by atoms with Crippen LogP contribution in [0, 0.1) is 11.3 Å². The number of halogens is 2. The van der Waals surface area contributed by atoms with Crippen LogP contribution in [0.25, 0.3) is 0 Å². The molecule has 0 fully saturated rings. The van der Waals surface area contributed by atoms with Gasteiger partial charge in [0.25, 0.3) is 5.88 Å². The van der Waals surface area contributed by atoms with Gasteiger partial charge in [-0.15, -0.1) is 0 Å². The zero-order chi connectivity index (χ0) is 18.4. The number of aromatic nitrogens is 1. The fraction of sp³-hybridized carbons (Fsp3) is 0.353. The van der Waals surface area contributed by atoms with E-state index in [2.05, 4.69) is 20.2 Å². The second kappa shape index (κ2) is 8.24. The van der Waals surface area contributed by atoms with E-state index in [4.69, 9.17) is 9.68 Å². The molecule has 1 aromatic heterocycles. The number of benzene rings is 1. The van der Waals surface area contributed by atoms with Crippen LogP contribution in [0.4, 0.5) is 14.7 Å². The highest BCUT2D eigenvalue weighted by Gasteiger charge is 2.15. The lowest BCUT2D eigenvalue weighted by molar-refractivity contribution is -0.0498. The Labute approximate surface area is 144 Å². The van der Waals surface area contributed by atoms with Crippen LogP contribution in [0.5, 0.6) is 5.75 Å². The van der Waals surface area contributed by atoms with Gasteiger partial charge in [-0.1, -0.05) is 20.8 Å². The van der Waals surface area contributed by atoms with Crippen molar-refractivity contribution in [2.24, 2.45) is 5.10 Å². The summed E-state index contributed by atoms with van der Waals surface area (Å²) in [7, 11) is 0. The first-order valence-electron chi connectivity index (χ1n) is 7.73. The first-order valence-corrected chi connectivity index (χ1v) is 7.73. The molecule has 0 atom stereocenters. The molecule has 25 heavy (non-hydrogen) atoms. The van der Waals surface area contributed by atoms with Crippen molar-refractivity contribution in [3.8, 4) is 11.8 Å². The molecule has 2 aromatic rings. The van der Waals surface area contributed by atoms with Gasteiger partial charge >= 0.3 is 6.61 Å². The van der Waals surface area contributed by atoms with Crippen molar-refractivity contribution in [2.75, 3.05) is 5.43 Å². The van der Waals surface area contributed by atoms with Crippen molar-refractivity contribution in [1.82, 2.24) is 4.98 Å². The zero-order valence-corrected chi connectivity index (χ0v) is 14.1. The van der Waals surface area contributed by atoms with E-state index in [1.165, 1.54) is 12.1 Å². The third kappa shape index (κ3) is 4.76. The van der Waals surface area contributed by atoms with Gasteiger partial charge in [0.15, 0.2) is 0 Å². The van der Waals surface area contributed by atoms with Crippen molar-refractivity contribution in [2.45, 2.75) is 39.7 Å². The van der Waals surface area contributed by atoms with E-state index in [0.717, 1.165) is 5.56 Å². The first-order chi connectivity index (χ1) is 11.9. The molecule has 6 nitrogen and oxygen atoms in total. The highest BCUT2D eigenvalue weighted by atomic mass is 19.3. The van der Waals surface area contributed by atoms with Gasteiger partial charge in [-0.25, -0.2) is 10.4 Å². The van der Waals surface area contributed by atoms with Crippen molar-refractivity contribution >= 4 is 11.6 Å². The normalized spacial score (nSPS) is 11.7. The fourth-order valence-electron chi connectivity index (χ4n) is 2.03. The Morgan fingerprint density at radius 1 is 1.36 bits per heavy atom. The van der Waals surface area contributed by atoms with E-state index >= 15 is 0 Å². The number of anilines is 1. The summed E-state index contributed by atoms with van der Waals surface area (Å²) in [5.74, 6) is 0.737. The topological polar surface area (TPSA) is 83.4 Å². The molecular formula is C17H18F2N4O2. The Kier molecular flexibility index (Phi) is 6.06. The van der Waals surface area contributed by atoms with Crippen LogP contribution in [0.2, 0.25) is 0 Å². The summed E-state index contributed by atoms with van der Waals surface area (Å²) in [4.78, 5) is 4.10. The average molecular weight is 348 g/mol. The van der Waals surface area contributed by atoms with Gasteiger partial charge in [0, 0.05) is 5.92 Å². The third-order valence-electron chi connectivity index (χ3n) is 3.28. The second-order valence-corrected chi connectivity index (χ2v) is 5.42. The molecule has 132 valence electrons. The summed E-state index contributed by atoms with van der Waals surface area (Å²) in [5.41, 5.74) is 4.25. The molecule has 0 saturated carbocycles. The van der Waals surface area contributed by atoms with Crippen LogP contribution >= 0.6 is 0 Å². The molecule has 0 spiro atoms. The number of nitrogens with zero attached hydrogens (tertiary/aromatic N) is 3. The van der Waals surface area contributed by atoms with E-state index in [0.29, 0.717) is 18.0 Å². The van der Waals surface area contributed by atoms with Gasteiger partial charge < -0.3 is 9.15 Å². The van der Waals surface area contributed by atoms with E-state index in [1.54, 1.807) is 12.1 Å². The van der Waals surface area contributed by atoms with Crippen LogP contribution in [0.15, 0.2) is 33.8 Å². The van der Waals surface area contributed by atoms with E-state index in [-0.39, 0.29) is 23.2 Å². The Hall–Kier alpha value is -2.95. The van der Waals surface area contributed by atoms with Gasteiger partial charge in [-0.3, -0.25) is 0 Å². The maximum absolute atomic E-state index is 12.2. The molecular weight excluding hydrogens is 330 g/mol. The highest BCUT2D eigenvalue weighted by Crippen LogP contribution is 2.22. The predicted octanol–water partition coefficient (Wildman–Crippen LogP) is 4.50. The molecule has 0 aliphatic rings. The molecule has 0 aliphatic heterocycles. The van der Waals surface area contributed by atoms with Gasteiger partial charge in [0.1, 0.15) is 11.8 Å². The molecule has 0 aliphatic carbocycles. The standard InChI is InChI=1S/C17H18F2N4O2/c1-4-13(11-5-7-12(8-6-11)24-17(18)19)22-23-16-14(9-20)21-15(25-16)10(2)3/h5-8,10,17,23H,4H2,1-3H3. The van der Waals surface area contributed by atoms with Crippen LogP contribution in [0.3, 0.4) is 0 Å². The maximum Gasteiger partial charge on any atom is 0.387 e. The molecule has 0 radical (unpaired) electrons. The predicted molar refractivity (Wildman–Crippen MR) is 88.8 cm³/mol. The maximum atomic E-state index is 12.2. The Morgan fingerprint density at radius 2 is 2.04 bits per heavy atom. The highest BCUT2D eigenvalue weighted by molar-refractivity contribution is 6.00. The fourth-order valence-corrected chi connectivity index (χ4v) is 2.03. The van der Waals surface area contributed by atoms with Crippen LogP contribution < -0.4 is 10.2 Å². The summed E-state index contributed by atoms with van der Waals surface area (Å²) < 4.78 is 34.2. The molecule has 2 rings (SSSR count). The van der Waals surface area contributed by atoms with Crippen molar-refractivity contribution in [3.63, 3.8) is 0 Å². The smallest absolute Gasteiger partial charge is 0.387 e. The van der Waals surface area contributed by atoms with Gasteiger partial charge in [-0.2, -0.15) is 19.1 Å². The number of nitrogens with one attached hydrogen (secondary N) is 1.